The predicted octanol–water partition coefficient (Wildman–Crippen LogP) is 2.57. The monoisotopic (exact) mass is 364 g/mol. The molecule has 1 aromatic rings. The molecule has 1 aromatic carbocycles. The molecule has 0 aliphatic carbocycles. The van der Waals surface area contributed by atoms with Crippen molar-refractivity contribution in [2.75, 3.05) is 46.0 Å². The van der Waals surface area contributed by atoms with Gasteiger partial charge in [0, 0.05) is 31.7 Å². The Balaban J connectivity index is 1.91. The van der Waals surface area contributed by atoms with Crippen molar-refractivity contribution < 1.29 is 19.0 Å². The zero-order valence-corrected chi connectivity index (χ0v) is 16.4. The fourth-order valence-corrected chi connectivity index (χ4v) is 3.09. The number of morpholine rings is 1. The molecule has 1 aliphatic rings. The van der Waals surface area contributed by atoms with Crippen LogP contribution in [0.1, 0.15) is 38.1 Å². The van der Waals surface area contributed by atoms with E-state index in [1.807, 2.05) is 13.8 Å². The summed E-state index contributed by atoms with van der Waals surface area (Å²) in [6.45, 7) is 13.4. The molecule has 1 atom stereocenters. The summed E-state index contributed by atoms with van der Waals surface area (Å²) in [5.74, 6) is 1.76. The Hall–Kier alpha value is -1.79. The van der Waals surface area contributed by atoms with Gasteiger partial charge in [0.15, 0.2) is 11.5 Å². The van der Waals surface area contributed by atoms with Crippen molar-refractivity contribution in [3.8, 4) is 11.5 Å². The van der Waals surface area contributed by atoms with Crippen molar-refractivity contribution in [3.63, 3.8) is 0 Å². The van der Waals surface area contributed by atoms with E-state index in [0.717, 1.165) is 19.6 Å². The second-order valence-corrected chi connectivity index (χ2v) is 6.88. The normalized spacial score (nSPS) is 18.0. The molecule has 0 saturated carbocycles. The van der Waals surface area contributed by atoms with E-state index in [1.54, 1.807) is 18.2 Å². The van der Waals surface area contributed by atoms with E-state index >= 15 is 0 Å². The molecule has 1 fully saturated rings. The van der Waals surface area contributed by atoms with Crippen LogP contribution in [-0.4, -0.2) is 62.9 Å². The van der Waals surface area contributed by atoms with Crippen LogP contribution in [0, 0.1) is 5.92 Å². The number of rotatable bonds is 9. The number of nitrogens with zero attached hydrogens (tertiary/aromatic N) is 1. The molecule has 1 aliphatic heterocycles. The van der Waals surface area contributed by atoms with Crippen LogP contribution >= 0.6 is 0 Å². The van der Waals surface area contributed by atoms with Crippen molar-refractivity contribution in [2.45, 2.75) is 33.8 Å². The molecule has 6 heteroatoms. The first-order chi connectivity index (χ1) is 12.5. The second kappa shape index (κ2) is 10.4. The van der Waals surface area contributed by atoms with Gasteiger partial charge in [-0.15, -0.1) is 0 Å². The lowest BCUT2D eigenvalue weighted by atomic mass is 10.1. The summed E-state index contributed by atoms with van der Waals surface area (Å²) in [4.78, 5) is 14.9. The number of nitrogens with one attached hydrogen (secondary N) is 1. The molecule has 2 rings (SSSR count). The lowest BCUT2D eigenvalue weighted by Gasteiger charge is -2.33. The van der Waals surface area contributed by atoms with Gasteiger partial charge in [0.2, 0.25) is 0 Å². The van der Waals surface area contributed by atoms with Crippen LogP contribution in [-0.2, 0) is 4.74 Å². The van der Waals surface area contributed by atoms with Gasteiger partial charge >= 0.3 is 0 Å². The molecule has 1 unspecified atom stereocenters. The van der Waals surface area contributed by atoms with Gasteiger partial charge < -0.3 is 19.5 Å². The van der Waals surface area contributed by atoms with E-state index in [4.69, 9.17) is 14.2 Å². The molecular formula is C20H32N2O4. The quantitative estimate of drug-likeness (QED) is 0.730. The highest BCUT2D eigenvalue weighted by molar-refractivity contribution is 5.94. The van der Waals surface area contributed by atoms with Crippen LogP contribution in [0.25, 0.3) is 0 Å². The number of carbonyl (C=O) groups excluding carboxylic acids is 1. The number of ether oxygens (including phenoxy) is 3. The average Bonchev–Trinajstić information content (AvgIpc) is 2.61. The highest BCUT2D eigenvalue weighted by Gasteiger charge is 2.22. The summed E-state index contributed by atoms with van der Waals surface area (Å²) in [5.41, 5.74) is 0.562. The van der Waals surface area contributed by atoms with Crippen molar-refractivity contribution in [1.82, 2.24) is 10.2 Å². The molecule has 26 heavy (non-hydrogen) atoms. The molecule has 0 bridgehead atoms. The van der Waals surface area contributed by atoms with Gasteiger partial charge in [-0.25, -0.2) is 0 Å². The summed E-state index contributed by atoms with van der Waals surface area (Å²) in [5, 5.41) is 2.98. The highest BCUT2D eigenvalue weighted by atomic mass is 16.5. The second-order valence-electron chi connectivity index (χ2n) is 6.88. The fraction of sp³-hybridized carbons (Fsp3) is 0.650. The first-order valence-electron chi connectivity index (χ1n) is 9.55. The molecule has 0 spiro atoms. The van der Waals surface area contributed by atoms with E-state index in [0.29, 0.717) is 49.3 Å². The lowest BCUT2D eigenvalue weighted by molar-refractivity contribution is -0.0295. The molecule has 1 saturated heterocycles. The molecule has 1 N–H and O–H groups in total. The lowest BCUT2D eigenvalue weighted by Crippen LogP contribution is -2.48. The van der Waals surface area contributed by atoms with Gasteiger partial charge in [0.05, 0.1) is 25.9 Å². The third kappa shape index (κ3) is 6.18. The van der Waals surface area contributed by atoms with Gasteiger partial charge in [-0.3, -0.25) is 9.69 Å². The topological polar surface area (TPSA) is 60.0 Å². The standard InChI is InChI=1S/C20H32N2O4/c1-5-24-18-8-7-16(11-19(18)25-6-2)20(23)21-12-17-14-22(9-10-26-17)13-15(3)4/h7-8,11,15,17H,5-6,9-10,12-14H2,1-4H3,(H,21,23). The number of hydrogen-bond acceptors (Lipinski definition) is 5. The van der Waals surface area contributed by atoms with E-state index in [9.17, 15) is 4.79 Å². The van der Waals surface area contributed by atoms with E-state index in [2.05, 4.69) is 24.1 Å². The third-order valence-corrected chi connectivity index (χ3v) is 4.14. The predicted molar refractivity (Wildman–Crippen MR) is 102 cm³/mol. The van der Waals surface area contributed by atoms with Crippen molar-refractivity contribution in [3.05, 3.63) is 23.8 Å². The Labute approximate surface area is 156 Å². The van der Waals surface area contributed by atoms with Crippen LogP contribution in [0.15, 0.2) is 18.2 Å². The Morgan fingerprint density at radius 3 is 2.69 bits per heavy atom. The number of hydrogen-bond donors (Lipinski definition) is 1. The van der Waals surface area contributed by atoms with E-state index in [-0.39, 0.29) is 12.0 Å². The van der Waals surface area contributed by atoms with Gasteiger partial charge in [-0.05, 0) is 38.0 Å². The average molecular weight is 364 g/mol. The van der Waals surface area contributed by atoms with Crippen LogP contribution in [0.4, 0.5) is 0 Å². The number of benzene rings is 1. The van der Waals surface area contributed by atoms with E-state index < -0.39 is 0 Å². The SMILES string of the molecule is CCOc1ccc(C(=O)NCC2CN(CC(C)C)CCO2)cc1OCC. The summed E-state index contributed by atoms with van der Waals surface area (Å²) >= 11 is 0. The maximum Gasteiger partial charge on any atom is 0.251 e. The zero-order chi connectivity index (χ0) is 18.9. The molecule has 0 aromatic heterocycles. The van der Waals surface area contributed by atoms with Crippen LogP contribution in [0.5, 0.6) is 11.5 Å². The minimum atomic E-state index is -0.126. The van der Waals surface area contributed by atoms with Crippen molar-refractivity contribution in [2.24, 2.45) is 5.92 Å². The summed E-state index contributed by atoms with van der Waals surface area (Å²) < 4.78 is 16.9. The summed E-state index contributed by atoms with van der Waals surface area (Å²) in [7, 11) is 0. The number of amides is 1. The number of carbonyl (C=O) groups is 1. The summed E-state index contributed by atoms with van der Waals surface area (Å²) in [6.07, 6.45) is 0.0283. The molecule has 0 radical (unpaired) electrons. The fourth-order valence-electron chi connectivity index (χ4n) is 3.09. The van der Waals surface area contributed by atoms with Crippen molar-refractivity contribution >= 4 is 5.91 Å². The highest BCUT2D eigenvalue weighted by Crippen LogP contribution is 2.28. The Kier molecular flexibility index (Phi) is 8.19. The Morgan fingerprint density at radius 2 is 2.00 bits per heavy atom. The Morgan fingerprint density at radius 1 is 1.27 bits per heavy atom. The third-order valence-electron chi connectivity index (χ3n) is 4.14. The molecule has 6 nitrogen and oxygen atoms in total. The Bertz CT molecular complexity index is 577. The largest absolute Gasteiger partial charge is 0.490 e. The molecule has 146 valence electrons. The maximum atomic E-state index is 12.5. The van der Waals surface area contributed by atoms with Gasteiger partial charge in [-0.1, -0.05) is 13.8 Å². The first kappa shape index (κ1) is 20.5. The molecular weight excluding hydrogens is 332 g/mol. The van der Waals surface area contributed by atoms with Gasteiger partial charge in [0.1, 0.15) is 0 Å². The summed E-state index contributed by atoms with van der Waals surface area (Å²) in [6, 6.07) is 5.27. The van der Waals surface area contributed by atoms with E-state index in [1.165, 1.54) is 0 Å². The minimum Gasteiger partial charge on any atom is -0.490 e. The van der Waals surface area contributed by atoms with Gasteiger partial charge in [-0.2, -0.15) is 0 Å². The van der Waals surface area contributed by atoms with Gasteiger partial charge in [0.25, 0.3) is 5.91 Å². The maximum absolute atomic E-state index is 12.5. The minimum absolute atomic E-state index is 0.0283. The van der Waals surface area contributed by atoms with Crippen LogP contribution < -0.4 is 14.8 Å². The zero-order valence-electron chi connectivity index (χ0n) is 16.4. The smallest absolute Gasteiger partial charge is 0.251 e. The molecule has 1 amide bonds. The van der Waals surface area contributed by atoms with Crippen LogP contribution in [0.3, 0.4) is 0 Å². The molecule has 1 heterocycles. The van der Waals surface area contributed by atoms with Crippen LogP contribution in [0.2, 0.25) is 0 Å². The van der Waals surface area contributed by atoms with Crippen molar-refractivity contribution in [1.29, 1.82) is 0 Å². The first-order valence-corrected chi connectivity index (χ1v) is 9.55.